The number of hydrogen-bond donors (Lipinski definition) is 0. The first-order chi connectivity index (χ1) is 23.7. The van der Waals surface area contributed by atoms with Crippen LogP contribution in [0.2, 0.25) is 0 Å². The molecule has 48 heavy (non-hydrogen) atoms. The largest absolute Gasteiger partial charge is 0.192 e. The Morgan fingerprint density at radius 2 is 0.896 bits per heavy atom. The topological polar surface area (TPSA) is 47.6 Å². The molecule has 0 unspecified atom stereocenters. The first kappa shape index (κ1) is 26.9. The van der Waals surface area contributed by atoms with E-state index < -0.39 is 5.41 Å². The lowest BCUT2D eigenvalue weighted by Crippen LogP contribution is -2.25. The van der Waals surface area contributed by atoms with Crippen molar-refractivity contribution in [3.63, 3.8) is 0 Å². The second kappa shape index (κ2) is 9.87. The van der Waals surface area contributed by atoms with Crippen LogP contribution in [0.25, 0.3) is 64.7 Å². The van der Waals surface area contributed by atoms with Crippen LogP contribution >= 0.6 is 11.3 Å². The Morgan fingerprint density at radius 1 is 0.396 bits per heavy atom. The molecule has 0 radical (unpaired) electrons. The lowest BCUT2D eigenvalue weighted by molar-refractivity contribution is 0.795. The smallest absolute Gasteiger partial charge is 0.0991 e. The highest BCUT2D eigenvalue weighted by Crippen LogP contribution is 2.64. The highest BCUT2D eigenvalue weighted by Gasteiger charge is 2.51. The Morgan fingerprint density at radius 3 is 1.52 bits per heavy atom. The monoisotopic (exact) mass is 624 g/mol. The first-order valence-electron chi connectivity index (χ1n) is 16.0. The van der Waals surface area contributed by atoms with E-state index in [0.29, 0.717) is 11.1 Å². The summed E-state index contributed by atoms with van der Waals surface area (Å²) in [6.45, 7) is 0. The van der Waals surface area contributed by atoms with Crippen LogP contribution in [0.1, 0.15) is 33.4 Å². The van der Waals surface area contributed by atoms with E-state index in [1.54, 1.807) is 0 Å². The molecule has 0 aliphatic heterocycles. The predicted molar refractivity (Wildman–Crippen MR) is 196 cm³/mol. The summed E-state index contributed by atoms with van der Waals surface area (Å²) in [5, 5.41) is 21.2. The molecule has 0 bridgehead atoms. The van der Waals surface area contributed by atoms with Crippen molar-refractivity contribution in [3.05, 3.63) is 179 Å². The third-order valence-corrected chi connectivity index (χ3v) is 11.5. The lowest BCUT2D eigenvalue weighted by Gasteiger charge is -2.30. The third kappa shape index (κ3) is 3.54. The average Bonchev–Trinajstić information content (AvgIpc) is 3.76. The van der Waals surface area contributed by atoms with Gasteiger partial charge in [0.25, 0.3) is 0 Å². The minimum absolute atomic E-state index is 0.436. The van der Waals surface area contributed by atoms with Crippen molar-refractivity contribution in [1.29, 1.82) is 10.5 Å². The number of nitriles is 2. The fourth-order valence-corrected chi connectivity index (χ4v) is 9.35. The van der Waals surface area contributed by atoms with Gasteiger partial charge >= 0.3 is 0 Å². The molecule has 0 atom stereocenters. The molecule has 2 aliphatic rings. The summed E-state index contributed by atoms with van der Waals surface area (Å²) in [7, 11) is 0. The number of benzene rings is 7. The van der Waals surface area contributed by atoms with Crippen molar-refractivity contribution in [2.45, 2.75) is 5.41 Å². The van der Waals surface area contributed by atoms with Crippen molar-refractivity contribution in [2.24, 2.45) is 0 Å². The van der Waals surface area contributed by atoms with Gasteiger partial charge in [0.2, 0.25) is 0 Å². The summed E-state index contributed by atoms with van der Waals surface area (Å²) in [6.07, 6.45) is 0. The average molecular weight is 625 g/mol. The van der Waals surface area contributed by atoms with Gasteiger partial charge in [-0.15, -0.1) is 11.3 Å². The number of thiophene rings is 1. The Kier molecular flexibility index (Phi) is 5.53. The number of rotatable bonds is 2. The van der Waals surface area contributed by atoms with Crippen LogP contribution in [-0.2, 0) is 5.41 Å². The molecule has 3 heteroatoms. The van der Waals surface area contributed by atoms with E-state index in [-0.39, 0.29) is 0 Å². The maximum Gasteiger partial charge on any atom is 0.0991 e. The normalized spacial score (nSPS) is 13.1. The molecule has 2 aliphatic carbocycles. The number of nitrogens with zero attached hydrogens (tertiary/aromatic N) is 2. The SMILES string of the molecule is N#Cc1ccc(-c2ccc3c(c2)-c2cc4sc5ccc(-c6ccc(C#N)cc6)cc5c4cc2C32c3ccccc3-c3ccccc32)cc1. The minimum Gasteiger partial charge on any atom is -0.192 e. The van der Waals surface area contributed by atoms with Gasteiger partial charge in [-0.25, -0.2) is 0 Å². The van der Waals surface area contributed by atoms with E-state index in [4.69, 9.17) is 0 Å². The Balaban J connectivity index is 1.27. The minimum atomic E-state index is -0.436. The van der Waals surface area contributed by atoms with Gasteiger partial charge in [0.15, 0.2) is 0 Å². The Labute approximate surface area is 282 Å². The molecule has 7 aromatic carbocycles. The van der Waals surface area contributed by atoms with Crippen LogP contribution in [0, 0.1) is 22.7 Å². The summed E-state index contributed by atoms with van der Waals surface area (Å²) < 4.78 is 2.53. The molecule has 1 aromatic heterocycles. The summed E-state index contributed by atoms with van der Waals surface area (Å²) in [4.78, 5) is 0. The van der Waals surface area contributed by atoms with E-state index in [2.05, 4.69) is 109 Å². The standard InChI is InChI=1S/C45H24N2S/c46-25-27-9-13-29(14-10-27)31-17-19-41-35(21-31)36-24-44-38(37-22-32(18-20-43(37)48-44)30-15-11-28(26-47)12-16-30)23-42(36)45(41)39-7-3-1-5-33(39)34-6-2-4-8-40(34)45/h1-24H. The first-order valence-corrected chi connectivity index (χ1v) is 16.9. The molecular weight excluding hydrogens is 601 g/mol. The molecule has 2 nitrogen and oxygen atoms in total. The fourth-order valence-electron chi connectivity index (χ4n) is 8.24. The van der Waals surface area contributed by atoms with E-state index >= 15 is 0 Å². The van der Waals surface area contributed by atoms with Crippen molar-refractivity contribution in [1.82, 2.24) is 0 Å². The molecule has 0 saturated carbocycles. The van der Waals surface area contributed by atoms with Crippen LogP contribution < -0.4 is 0 Å². The highest BCUT2D eigenvalue weighted by atomic mass is 32.1. The molecule has 0 fully saturated rings. The molecule has 1 heterocycles. The zero-order valence-corrected chi connectivity index (χ0v) is 26.5. The second-order valence-electron chi connectivity index (χ2n) is 12.7. The molecule has 220 valence electrons. The maximum atomic E-state index is 9.39. The molecule has 0 amide bonds. The molecule has 0 saturated heterocycles. The molecular formula is C45H24N2S. The van der Waals surface area contributed by atoms with E-state index in [1.165, 1.54) is 64.7 Å². The zero-order chi connectivity index (χ0) is 32.0. The van der Waals surface area contributed by atoms with Crippen molar-refractivity contribution in [3.8, 4) is 56.6 Å². The maximum absolute atomic E-state index is 9.39. The Hall–Kier alpha value is -6.26. The van der Waals surface area contributed by atoms with Crippen molar-refractivity contribution < 1.29 is 0 Å². The van der Waals surface area contributed by atoms with Crippen molar-refractivity contribution in [2.75, 3.05) is 0 Å². The molecule has 1 spiro atoms. The van der Waals surface area contributed by atoms with Crippen molar-refractivity contribution >= 4 is 31.5 Å². The van der Waals surface area contributed by atoms with Gasteiger partial charge in [0.1, 0.15) is 0 Å². The fraction of sp³-hybridized carbons (Fsp3) is 0.0222. The van der Waals surface area contributed by atoms with Gasteiger partial charge in [-0.3, -0.25) is 0 Å². The second-order valence-corrected chi connectivity index (χ2v) is 13.8. The molecule has 10 rings (SSSR count). The van der Waals surface area contributed by atoms with Gasteiger partial charge in [0.05, 0.1) is 28.7 Å². The summed E-state index contributed by atoms with van der Waals surface area (Å²) in [6, 6.07) is 56.7. The van der Waals surface area contributed by atoms with Crippen LogP contribution in [0.3, 0.4) is 0 Å². The Bertz CT molecular complexity index is 2690. The van der Waals surface area contributed by atoms with Gasteiger partial charge in [0, 0.05) is 20.2 Å². The van der Waals surface area contributed by atoms with Gasteiger partial charge in [-0.05, 0) is 121 Å². The molecule has 8 aromatic rings. The van der Waals surface area contributed by atoms with Gasteiger partial charge in [-0.2, -0.15) is 10.5 Å². The van der Waals surface area contributed by atoms with Gasteiger partial charge in [-0.1, -0.05) is 91.0 Å². The van der Waals surface area contributed by atoms with Crippen LogP contribution in [0.5, 0.6) is 0 Å². The van der Waals surface area contributed by atoms with E-state index in [0.717, 1.165) is 22.3 Å². The summed E-state index contributed by atoms with van der Waals surface area (Å²) in [5.41, 5.74) is 15.8. The van der Waals surface area contributed by atoms with Crippen LogP contribution in [0.4, 0.5) is 0 Å². The predicted octanol–water partition coefficient (Wildman–Crippen LogP) is 11.5. The number of hydrogen-bond acceptors (Lipinski definition) is 3. The van der Waals surface area contributed by atoms with Crippen LogP contribution in [0.15, 0.2) is 146 Å². The molecule has 0 N–H and O–H groups in total. The third-order valence-electron chi connectivity index (χ3n) is 10.4. The highest BCUT2D eigenvalue weighted by molar-refractivity contribution is 7.25. The van der Waals surface area contributed by atoms with E-state index in [1.807, 2.05) is 59.9 Å². The number of fused-ring (bicyclic) bond motifs is 13. The lowest BCUT2D eigenvalue weighted by atomic mass is 9.70. The zero-order valence-electron chi connectivity index (χ0n) is 25.7. The van der Waals surface area contributed by atoms with Gasteiger partial charge < -0.3 is 0 Å². The summed E-state index contributed by atoms with van der Waals surface area (Å²) in [5.74, 6) is 0. The summed E-state index contributed by atoms with van der Waals surface area (Å²) >= 11 is 1.85. The quantitative estimate of drug-likeness (QED) is 0.192. The van der Waals surface area contributed by atoms with Crippen LogP contribution in [-0.4, -0.2) is 0 Å². The van der Waals surface area contributed by atoms with E-state index in [9.17, 15) is 10.5 Å².